The lowest BCUT2D eigenvalue weighted by Gasteiger charge is -1.99. The summed E-state index contributed by atoms with van der Waals surface area (Å²) >= 11 is 1.59. The number of nitrogens with zero attached hydrogens (tertiary/aromatic N) is 1. The van der Waals surface area contributed by atoms with Gasteiger partial charge in [0.25, 0.3) is 0 Å². The number of thiophene rings is 1. The van der Waals surface area contributed by atoms with Crippen LogP contribution in [0.25, 0.3) is 10.6 Å². The van der Waals surface area contributed by atoms with Crippen molar-refractivity contribution in [1.29, 1.82) is 0 Å². The van der Waals surface area contributed by atoms with Gasteiger partial charge >= 0.3 is 5.97 Å². The maximum absolute atomic E-state index is 10.5. The average molecular weight is 219 g/mol. The summed E-state index contributed by atoms with van der Waals surface area (Å²) in [4.78, 5) is 15.9. The highest BCUT2D eigenvalue weighted by Gasteiger charge is 2.04. The standard InChI is InChI=1S/C11H9NO2S/c13-11(14)7-8-3-1-4-9(12-8)10-5-2-6-15-10/h1-6H,7H2,(H,13,14). The molecule has 0 aromatic carbocycles. The van der Waals surface area contributed by atoms with Crippen LogP contribution in [0.2, 0.25) is 0 Å². The van der Waals surface area contributed by atoms with Crippen molar-refractivity contribution in [3.8, 4) is 10.6 Å². The van der Waals surface area contributed by atoms with E-state index >= 15 is 0 Å². The molecule has 0 saturated heterocycles. The van der Waals surface area contributed by atoms with Crippen LogP contribution in [0.5, 0.6) is 0 Å². The Kier molecular flexibility index (Phi) is 2.78. The Hall–Kier alpha value is -1.68. The molecule has 76 valence electrons. The van der Waals surface area contributed by atoms with E-state index in [-0.39, 0.29) is 6.42 Å². The Labute approximate surface area is 91.0 Å². The second-order valence-corrected chi connectivity index (χ2v) is 4.01. The fraction of sp³-hybridized carbons (Fsp3) is 0.0909. The van der Waals surface area contributed by atoms with Crippen LogP contribution in [0.1, 0.15) is 5.69 Å². The zero-order valence-electron chi connectivity index (χ0n) is 7.88. The largest absolute Gasteiger partial charge is 0.481 e. The van der Waals surface area contributed by atoms with Crippen LogP contribution in [-0.4, -0.2) is 16.1 Å². The summed E-state index contributed by atoms with van der Waals surface area (Å²) < 4.78 is 0. The number of pyridine rings is 1. The number of carboxylic acids is 1. The third-order valence-corrected chi connectivity index (χ3v) is 2.81. The van der Waals surface area contributed by atoms with Crippen molar-refractivity contribution < 1.29 is 9.90 Å². The van der Waals surface area contributed by atoms with E-state index in [1.165, 1.54) is 0 Å². The topological polar surface area (TPSA) is 50.2 Å². The third kappa shape index (κ3) is 2.41. The zero-order valence-corrected chi connectivity index (χ0v) is 8.70. The second-order valence-electron chi connectivity index (χ2n) is 3.06. The maximum atomic E-state index is 10.5. The van der Waals surface area contributed by atoms with Crippen LogP contribution in [-0.2, 0) is 11.2 Å². The summed E-state index contributed by atoms with van der Waals surface area (Å²) in [7, 11) is 0. The smallest absolute Gasteiger partial charge is 0.309 e. The minimum absolute atomic E-state index is 0.0286. The molecule has 2 aromatic heterocycles. The molecule has 2 aromatic rings. The average Bonchev–Trinajstić information content (AvgIpc) is 2.69. The van der Waals surface area contributed by atoms with Crippen molar-refractivity contribution in [2.75, 3.05) is 0 Å². The molecule has 0 unspecified atom stereocenters. The number of aliphatic carboxylic acids is 1. The van der Waals surface area contributed by atoms with Gasteiger partial charge in [-0.3, -0.25) is 9.78 Å². The predicted octanol–water partition coefficient (Wildman–Crippen LogP) is 2.44. The Morgan fingerprint density at radius 1 is 1.33 bits per heavy atom. The molecule has 2 heterocycles. The molecule has 1 N–H and O–H groups in total. The number of carbonyl (C=O) groups is 1. The van der Waals surface area contributed by atoms with Crippen LogP contribution >= 0.6 is 11.3 Å². The minimum atomic E-state index is -0.856. The molecular formula is C11H9NO2S. The lowest BCUT2D eigenvalue weighted by atomic mass is 10.2. The first-order valence-electron chi connectivity index (χ1n) is 4.47. The van der Waals surface area contributed by atoms with Gasteiger partial charge in [0.1, 0.15) is 0 Å². The molecule has 15 heavy (non-hydrogen) atoms. The van der Waals surface area contributed by atoms with Gasteiger partial charge in [0.05, 0.1) is 22.7 Å². The molecule has 0 saturated carbocycles. The Balaban J connectivity index is 2.31. The molecule has 0 aliphatic heterocycles. The fourth-order valence-corrected chi connectivity index (χ4v) is 1.99. The maximum Gasteiger partial charge on any atom is 0.309 e. The van der Waals surface area contributed by atoms with Crippen LogP contribution in [0, 0.1) is 0 Å². The molecule has 2 rings (SSSR count). The van der Waals surface area contributed by atoms with Gasteiger partial charge < -0.3 is 5.11 Å². The van der Waals surface area contributed by atoms with E-state index in [1.54, 1.807) is 17.4 Å². The highest BCUT2D eigenvalue weighted by Crippen LogP contribution is 2.22. The molecule has 0 aliphatic carbocycles. The van der Waals surface area contributed by atoms with E-state index < -0.39 is 5.97 Å². The Morgan fingerprint density at radius 2 is 2.20 bits per heavy atom. The number of carboxylic acid groups (broad SMARTS) is 1. The first-order valence-corrected chi connectivity index (χ1v) is 5.35. The van der Waals surface area contributed by atoms with Crippen molar-refractivity contribution in [1.82, 2.24) is 4.98 Å². The molecule has 0 atom stereocenters. The van der Waals surface area contributed by atoms with Crippen molar-refractivity contribution in [2.24, 2.45) is 0 Å². The zero-order chi connectivity index (χ0) is 10.7. The van der Waals surface area contributed by atoms with E-state index in [4.69, 9.17) is 5.11 Å². The summed E-state index contributed by atoms with van der Waals surface area (Å²) in [6.45, 7) is 0. The van der Waals surface area contributed by atoms with Gasteiger partial charge in [0.2, 0.25) is 0 Å². The second kappa shape index (κ2) is 4.23. The van der Waals surface area contributed by atoms with Crippen LogP contribution in [0.3, 0.4) is 0 Å². The van der Waals surface area contributed by atoms with Crippen molar-refractivity contribution in [3.05, 3.63) is 41.4 Å². The minimum Gasteiger partial charge on any atom is -0.481 e. The molecule has 0 bridgehead atoms. The van der Waals surface area contributed by atoms with Crippen LogP contribution in [0.4, 0.5) is 0 Å². The van der Waals surface area contributed by atoms with Gasteiger partial charge in [-0.15, -0.1) is 11.3 Å². The summed E-state index contributed by atoms with van der Waals surface area (Å²) in [6, 6.07) is 9.37. The number of hydrogen-bond donors (Lipinski definition) is 1. The molecule has 0 aliphatic rings. The fourth-order valence-electron chi connectivity index (χ4n) is 1.29. The van der Waals surface area contributed by atoms with E-state index in [0.717, 1.165) is 10.6 Å². The first kappa shape index (κ1) is 9.86. The lowest BCUT2D eigenvalue weighted by Crippen LogP contribution is -2.02. The van der Waals surface area contributed by atoms with Gasteiger partial charge in [-0.1, -0.05) is 12.1 Å². The van der Waals surface area contributed by atoms with Crippen molar-refractivity contribution in [2.45, 2.75) is 6.42 Å². The van der Waals surface area contributed by atoms with Gasteiger partial charge in [0, 0.05) is 0 Å². The predicted molar refractivity (Wildman–Crippen MR) is 58.9 cm³/mol. The normalized spacial score (nSPS) is 10.1. The van der Waals surface area contributed by atoms with Crippen LogP contribution in [0.15, 0.2) is 35.7 Å². The summed E-state index contributed by atoms with van der Waals surface area (Å²) in [5.41, 5.74) is 1.43. The molecular weight excluding hydrogens is 210 g/mol. The van der Waals surface area contributed by atoms with E-state index in [9.17, 15) is 4.79 Å². The van der Waals surface area contributed by atoms with E-state index in [1.807, 2.05) is 29.6 Å². The SMILES string of the molecule is O=C(O)Cc1cccc(-c2cccs2)n1. The molecule has 0 amide bonds. The molecule has 0 spiro atoms. The lowest BCUT2D eigenvalue weighted by molar-refractivity contribution is -0.136. The summed E-state index contributed by atoms with van der Waals surface area (Å²) in [5, 5.41) is 10.6. The van der Waals surface area contributed by atoms with Gasteiger partial charge in [0.15, 0.2) is 0 Å². The number of hydrogen-bond acceptors (Lipinski definition) is 3. The monoisotopic (exact) mass is 219 g/mol. The summed E-state index contributed by atoms with van der Waals surface area (Å²) in [5.74, 6) is -0.856. The highest BCUT2D eigenvalue weighted by atomic mass is 32.1. The Bertz CT molecular complexity index is 465. The number of aromatic nitrogens is 1. The molecule has 0 radical (unpaired) electrons. The quantitative estimate of drug-likeness (QED) is 0.862. The van der Waals surface area contributed by atoms with E-state index in [2.05, 4.69) is 4.98 Å². The van der Waals surface area contributed by atoms with Crippen LogP contribution < -0.4 is 0 Å². The van der Waals surface area contributed by atoms with Gasteiger partial charge in [-0.05, 0) is 23.6 Å². The highest BCUT2D eigenvalue weighted by molar-refractivity contribution is 7.13. The molecule has 4 heteroatoms. The summed E-state index contributed by atoms with van der Waals surface area (Å²) in [6.07, 6.45) is -0.0286. The first-order chi connectivity index (χ1) is 7.25. The Morgan fingerprint density at radius 3 is 2.87 bits per heavy atom. The number of rotatable bonds is 3. The molecule has 3 nitrogen and oxygen atoms in total. The van der Waals surface area contributed by atoms with Gasteiger partial charge in [-0.25, -0.2) is 0 Å². The van der Waals surface area contributed by atoms with Crippen molar-refractivity contribution in [3.63, 3.8) is 0 Å². The van der Waals surface area contributed by atoms with E-state index in [0.29, 0.717) is 5.69 Å². The van der Waals surface area contributed by atoms with Gasteiger partial charge in [-0.2, -0.15) is 0 Å². The molecule has 0 fully saturated rings. The third-order valence-electron chi connectivity index (χ3n) is 1.91. The van der Waals surface area contributed by atoms with Crippen molar-refractivity contribution >= 4 is 17.3 Å².